The lowest BCUT2D eigenvalue weighted by molar-refractivity contribution is 0.327. The van der Waals surface area contributed by atoms with Gasteiger partial charge in [-0.25, -0.2) is 0 Å². The van der Waals surface area contributed by atoms with Crippen LogP contribution in [0.3, 0.4) is 0 Å². The minimum Gasteiger partial charge on any atom is -0.313 e. The Morgan fingerprint density at radius 2 is 1.94 bits per heavy atom. The first-order valence-corrected chi connectivity index (χ1v) is 6.76. The second-order valence-corrected chi connectivity index (χ2v) is 5.25. The molecule has 1 heteroatoms. The van der Waals surface area contributed by atoms with E-state index in [0.29, 0.717) is 0 Å². The molecule has 1 heterocycles. The minimum absolute atomic E-state index is 0.746. The van der Waals surface area contributed by atoms with Gasteiger partial charge in [-0.15, -0.1) is 0 Å². The molecule has 0 radical (unpaired) electrons. The highest BCUT2D eigenvalue weighted by molar-refractivity contribution is 5.33. The molecule has 1 aromatic carbocycles. The Hall–Kier alpha value is -0.820. The Bertz CT molecular complexity index is 352. The topological polar surface area (TPSA) is 12.0 Å². The lowest BCUT2D eigenvalue weighted by Crippen LogP contribution is -2.39. The monoisotopic (exact) mass is 215 g/mol. The first-order valence-electron chi connectivity index (χ1n) is 6.76. The standard InChI is InChI=1S/C15H21N/c1-2-8-13-12(6-1)7-5-9-14(13)15-10-3-4-11-16-15/h1-2,6,8,14-16H,3-5,7,9-11H2/t14-,15+/m0/s1. The van der Waals surface area contributed by atoms with Crippen LogP contribution in [0.1, 0.15) is 49.1 Å². The predicted molar refractivity (Wildman–Crippen MR) is 67.8 cm³/mol. The minimum atomic E-state index is 0.746. The largest absolute Gasteiger partial charge is 0.313 e. The number of piperidine rings is 1. The first-order chi connectivity index (χ1) is 7.95. The van der Waals surface area contributed by atoms with E-state index < -0.39 is 0 Å². The second kappa shape index (κ2) is 4.58. The van der Waals surface area contributed by atoms with Crippen molar-refractivity contribution in [3.63, 3.8) is 0 Å². The van der Waals surface area contributed by atoms with Crippen LogP contribution in [0.15, 0.2) is 24.3 Å². The summed E-state index contributed by atoms with van der Waals surface area (Å²) in [5.74, 6) is 0.783. The molecule has 0 amide bonds. The number of benzene rings is 1. The van der Waals surface area contributed by atoms with Crippen molar-refractivity contribution in [3.8, 4) is 0 Å². The van der Waals surface area contributed by atoms with Gasteiger partial charge < -0.3 is 5.32 Å². The predicted octanol–water partition coefficient (Wildman–Crippen LogP) is 3.25. The van der Waals surface area contributed by atoms with Gasteiger partial charge in [0, 0.05) is 6.04 Å². The normalized spacial score (nSPS) is 29.8. The highest BCUT2D eigenvalue weighted by atomic mass is 14.9. The van der Waals surface area contributed by atoms with Crippen LogP contribution >= 0.6 is 0 Å². The van der Waals surface area contributed by atoms with Gasteiger partial charge in [-0.05, 0) is 55.7 Å². The van der Waals surface area contributed by atoms with Gasteiger partial charge >= 0.3 is 0 Å². The van der Waals surface area contributed by atoms with E-state index in [1.54, 1.807) is 11.1 Å². The van der Waals surface area contributed by atoms with Crippen molar-refractivity contribution < 1.29 is 0 Å². The summed E-state index contributed by atoms with van der Waals surface area (Å²) in [4.78, 5) is 0. The molecule has 0 spiro atoms. The molecule has 0 aromatic heterocycles. The Kier molecular flexibility index (Phi) is 2.96. The van der Waals surface area contributed by atoms with E-state index in [0.717, 1.165) is 12.0 Å². The molecular formula is C15H21N. The van der Waals surface area contributed by atoms with Crippen LogP contribution in [0.4, 0.5) is 0 Å². The summed E-state index contributed by atoms with van der Waals surface area (Å²) in [5.41, 5.74) is 3.24. The molecule has 1 aromatic rings. The molecule has 1 fully saturated rings. The fourth-order valence-corrected chi connectivity index (χ4v) is 3.43. The van der Waals surface area contributed by atoms with Gasteiger partial charge in [0.15, 0.2) is 0 Å². The summed E-state index contributed by atoms with van der Waals surface area (Å²) in [5, 5.41) is 3.73. The zero-order chi connectivity index (χ0) is 10.8. The maximum Gasteiger partial charge on any atom is 0.0136 e. The lowest BCUT2D eigenvalue weighted by Gasteiger charge is -2.35. The molecule has 16 heavy (non-hydrogen) atoms. The van der Waals surface area contributed by atoms with E-state index in [1.807, 2.05) is 0 Å². The SMILES string of the molecule is c1ccc2c(c1)CCC[C@@H]2[C@H]1CCCCN1. The van der Waals surface area contributed by atoms with Crippen molar-refractivity contribution in [3.05, 3.63) is 35.4 Å². The van der Waals surface area contributed by atoms with Gasteiger partial charge in [-0.3, -0.25) is 0 Å². The van der Waals surface area contributed by atoms with Crippen molar-refractivity contribution in [1.29, 1.82) is 0 Å². The molecule has 1 aliphatic heterocycles. The highest BCUT2D eigenvalue weighted by Crippen LogP contribution is 2.36. The fraction of sp³-hybridized carbons (Fsp3) is 0.600. The summed E-state index contributed by atoms with van der Waals surface area (Å²) < 4.78 is 0. The van der Waals surface area contributed by atoms with E-state index >= 15 is 0 Å². The number of hydrogen-bond donors (Lipinski definition) is 1. The quantitative estimate of drug-likeness (QED) is 0.758. The molecule has 1 aliphatic carbocycles. The van der Waals surface area contributed by atoms with Crippen molar-refractivity contribution in [1.82, 2.24) is 5.32 Å². The third-order valence-electron chi connectivity index (χ3n) is 4.25. The van der Waals surface area contributed by atoms with Crippen LogP contribution in [0.25, 0.3) is 0 Å². The van der Waals surface area contributed by atoms with E-state index in [9.17, 15) is 0 Å². The molecule has 2 atom stereocenters. The van der Waals surface area contributed by atoms with Crippen LogP contribution in [0.5, 0.6) is 0 Å². The molecule has 0 bridgehead atoms. The van der Waals surface area contributed by atoms with Crippen LogP contribution in [-0.2, 0) is 6.42 Å². The van der Waals surface area contributed by atoms with Crippen LogP contribution in [0.2, 0.25) is 0 Å². The van der Waals surface area contributed by atoms with Crippen LogP contribution in [-0.4, -0.2) is 12.6 Å². The zero-order valence-corrected chi connectivity index (χ0v) is 9.91. The summed E-state index contributed by atoms with van der Waals surface area (Å²) in [6.45, 7) is 1.23. The number of hydrogen-bond acceptors (Lipinski definition) is 1. The molecular weight excluding hydrogens is 194 g/mol. The van der Waals surface area contributed by atoms with Gasteiger partial charge in [-0.2, -0.15) is 0 Å². The maximum atomic E-state index is 3.73. The van der Waals surface area contributed by atoms with Crippen molar-refractivity contribution in [2.24, 2.45) is 0 Å². The van der Waals surface area contributed by atoms with Gasteiger partial charge in [0.25, 0.3) is 0 Å². The van der Waals surface area contributed by atoms with Crippen LogP contribution < -0.4 is 5.32 Å². The van der Waals surface area contributed by atoms with Gasteiger partial charge in [0.05, 0.1) is 0 Å². The van der Waals surface area contributed by atoms with E-state index in [1.165, 1.54) is 45.1 Å². The highest BCUT2D eigenvalue weighted by Gasteiger charge is 2.28. The molecule has 1 N–H and O–H groups in total. The van der Waals surface area contributed by atoms with Gasteiger partial charge in [0.2, 0.25) is 0 Å². The third-order valence-corrected chi connectivity index (χ3v) is 4.25. The maximum absolute atomic E-state index is 3.73. The second-order valence-electron chi connectivity index (χ2n) is 5.25. The Balaban J connectivity index is 1.86. The zero-order valence-electron chi connectivity index (χ0n) is 9.91. The van der Waals surface area contributed by atoms with Crippen molar-refractivity contribution in [2.75, 3.05) is 6.54 Å². The molecule has 0 saturated carbocycles. The van der Waals surface area contributed by atoms with Gasteiger partial charge in [-0.1, -0.05) is 30.7 Å². The van der Waals surface area contributed by atoms with Crippen molar-refractivity contribution >= 4 is 0 Å². The number of aryl methyl sites for hydroxylation is 1. The Morgan fingerprint density at radius 1 is 1.00 bits per heavy atom. The summed E-state index contributed by atoms with van der Waals surface area (Å²) in [7, 11) is 0. The lowest BCUT2D eigenvalue weighted by atomic mass is 9.76. The Labute approximate surface area is 98.3 Å². The first kappa shape index (κ1) is 10.3. The summed E-state index contributed by atoms with van der Waals surface area (Å²) in [6, 6.07) is 9.82. The molecule has 1 nitrogen and oxygen atoms in total. The molecule has 1 saturated heterocycles. The van der Waals surface area contributed by atoms with Crippen LogP contribution in [0, 0.1) is 0 Å². The molecule has 0 unspecified atom stereocenters. The summed E-state index contributed by atoms with van der Waals surface area (Å²) in [6.07, 6.45) is 8.20. The molecule has 2 aliphatic rings. The molecule has 86 valence electrons. The average molecular weight is 215 g/mol. The number of rotatable bonds is 1. The fourth-order valence-electron chi connectivity index (χ4n) is 3.43. The van der Waals surface area contributed by atoms with E-state index in [-0.39, 0.29) is 0 Å². The average Bonchev–Trinajstić information content (AvgIpc) is 2.39. The van der Waals surface area contributed by atoms with E-state index in [2.05, 4.69) is 29.6 Å². The van der Waals surface area contributed by atoms with Crippen molar-refractivity contribution in [2.45, 2.75) is 50.5 Å². The molecule has 3 rings (SSSR count). The smallest absolute Gasteiger partial charge is 0.0136 e. The van der Waals surface area contributed by atoms with E-state index in [4.69, 9.17) is 0 Å². The Morgan fingerprint density at radius 3 is 2.81 bits per heavy atom. The number of fused-ring (bicyclic) bond motifs is 1. The third kappa shape index (κ3) is 1.89. The van der Waals surface area contributed by atoms with Gasteiger partial charge in [0.1, 0.15) is 0 Å². The number of nitrogens with one attached hydrogen (secondary N) is 1. The summed E-state index contributed by atoms with van der Waals surface area (Å²) >= 11 is 0.